The number of hydrogen-bond acceptors (Lipinski definition) is 5. The van der Waals surface area contributed by atoms with Crippen molar-refractivity contribution in [2.75, 3.05) is 19.8 Å². The summed E-state index contributed by atoms with van der Waals surface area (Å²) in [6, 6.07) is 3.53. The van der Waals surface area contributed by atoms with E-state index in [0.29, 0.717) is 12.0 Å². The van der Waals surface area contributed by atoms with Crippen LogP contribution in [0.4, 0.5) is 18.9 Å². The Bertz CT molecular complexity index is 677. The van der Waals surface area contributed by atoms with E-state index in [1.165, 1.54) is 12.1 Å². The van der Waals surface area contributed by atoms with Gasteiger partial charge in [0.2, 0.25) is 10.0 Å². The Morgan fingerprint density at radius 2 is 2.00 bits per heavy atom. The lowest BCUT2D eigenvalue weighted by Crippen LogP contribution is -2.27. The van der Waals surface area contributed by atoms with Crippen molar-refractivity contribution < 1.29 is 31.2 Å². The lowest BCUT2D eigenvalue weighted by atomic mass is 10.1. The van der Waals surface area contributed by atoms with Crippen LogP contribution < -0.4 is 4.72 Å². The Kier molecular flexibility index (Phi) is 7.11. The number of benzene rings is 1. The minimum atomic E-state index is -4.43. The molecule has 0 aromatic heterocycles. The third-order valence-corrected chi connectivity index (χ3v) is 4.50. The first-order chi connectivity index (χ1) is 11.1. The van der Waals surface area contributed by atoms with Crippen LogP contribution in [0.3, 0.4) is 0 Å². The first kappa shape index (κ1) is 20.3. The van der Waals surface area contributed by atoms with Gasteiger partial charge < -0.3 is 4.74 Å². The molecule has 7 nitrogen and oxygen atoms in total. The van der Waals surface area contributed by atoms with Gasteiger partial charge in [0, 0.05) is 25.3 Å². The predicted octanol–water partition coefficient (Wildman–Crippen LogP) is 2.40. The number of ether oxygens (including phenoxy) is 1. The molecule has 0 radical (unpaired) electrons. The first-order valence-corrected chi connectivity index (χ1v) is 8.46. The summed E-state index contributed by atoms with van der Waals surface area (Å²) in [5, 5.41) is 10.8. The molecule has 0 fully saturated rings. The van der Waals surface area contributed by atoms with Crippen LogP contribution in [0.5, 0.6) is 0 Å². The lowest BCUT2D eigenvalue weighted by Gasteiger charge is -2.11. The van der Waals surface area contributed by atoms with Crippen LogP contribution in [0, 0.1) is 10.1 Å². The normalized spacial score (nSPS) is 12.3. The molecule has 1 N–H and O–H groups in total. The van der Waals surface area contributed by atoms with Gasteiger partial charge in [-0.3, -0.25) is 10.1 Å². The molecular formula is C13H17F3N2O5S. The molecule has 0 aliphatic heterocycles. The molecule has 0 heterocycles. The summed E-state index contributed by atoms with van der Waals surface area (Å²) in [4.78, 5) is 9.86. The number of aryl methyl sites for hydroxylation is 1. The monoisotopic (exact) mass is 370 g/mol. The molecule has 0 aliphatic rings. The van der Waals surface area contributed by atoms with Crippen molar-refractivity contribution in [2.24, 2.45) is 0 Å². The molecule has 0 saturated carbocycles. The highest BCUT2D eigenvalue weighted by molar-refractivity contribution is 7.89. The Balaban J connectivity index is 2.68. The Hall–Kier alpha value is -1.72. The Morgan fingerprint density at radius 1 is 1.33 bits per heavy atom. The standard InChI is InChI=1S/C13H17F3N2O5S/c1-2-10-4-5-11(18(19)20)8-12(10)24(21,22)17-6-3-7-23-9-13(14,15)16/h4-5,8,17H,2-3,6-7,9H2,1H3. The highest BCUT2D eigenvalue weighted by Crippen LogP contribution is 2.22. The molecule has 11 heteroatoms. The molecule has 0 bridgehead atoms. The zero-order chi connectivity index (χ0) is 18.4. The summed E-state index contributed by atoms with van der Waals surface area (Å²) in [6.45, 7) is -0.112. The van der Waals surface area contributed by atoms with Crippen molar-refractivity contribution >= 4 is 15.7 Å². The zero-order valence-electron chi connectivity index (χ0n) is 12.8. The second-order valence-electron chi connectivity index (χ2n) is 4.82. The number of alkyl halides is 3. The zero-order valence-corrected chi connectivity index (χ0v) is 13.6. The maximum atomic E-state index is 12.2. The quantitative estimate of drug-likeness (QED) is 0.409. The number of non-ortho nitro benzene ring substituents is 1. The molecular weight excluding hydrogens is 353 g/mol. The second-order valence-corrected chi connectivity index (χ2v) is 6.56. The predicted molar refractivity (Wildman–Crippen MR) is 79.2 cm³/mol. The van der Waals surface area contributed by atoms with E-state index in [1.54, 1.807) is 6.92 Å². The third kappa shape index (κ3) is 6.42. The van der Waals surface area contributed by atoms with Gasteiger partial charge in [0.1, 0.15) is 6.61 Å². The Morgan fingerprint density at radius 3 is 2.54 bits per heavy atom. The van der Waals surface area contributed by atoms with Crippen LogP contribution >= 0.6 is 0 Å². The highest BCUT2D eigenvalue weighted by atomic mass is 32.2. The molecule has 0 aliphatic carbocycles. The van der Waals surface area contributed by atoms with Crippen LogP contribution in [0.15, 0.2) is 23.1 Å². The van der Waals surface area contributed by atoms with Crippen LogP contribution in [0.2, 0.25) is 0 Å². The molecule has 1 aromatic carbocycles. The first-order valence-electron chi connectivity index (χ1n) is 6.98. The number of nitro benzene ring substituents is 1. The number of nitrogens with zero attached hydrogens (tertiary/aromatic N) is 1. The van der Waals surface area contributed by atoms with E-state index in [-0.39, 0.29) is 30.2 Å². The van der Waals surface area contributed by atoms with Crippen LogP contribution in [0.1, 0.15) is 18.9 Å². The maximum absolute atomic E-state index is 12.2. The molecule has 0 atom stereocenters. The van der Waals surface area contributed by atoms with Crippen molar-refractivity contribution in [3.63, 3.8) is 0 Å². The number of nitro groups is 1. The van der Waals surface area contributed by atoms with Gasteiger partial charge in [-0.1, -0.05) is 13.0 Å². The van der Waals surface area contributed by atoms with Gasteiger partial charge in [-0.2, -0.15) is 13.2 Å². The van der Waals surface area contributed by atoms with Crippen LogP contribution in [-0.4, -0.2) is 39.3 Å². The fraction of sp³-hybridized carbons (Fsp3) is 0.538. The second kappa shape index (κ2) is 8.40. The average Bonchev–Trinajstić information content (AvgIpc) is 2.48. The van der Waals surface area contributed by atoms with E-state index in [0.717, 1.165) is 6.07 Å². The van der Waals surface area contributed by atoms with Crippen molar-refractivity contribution in [1.29, 1.82) is 0 Å². The summed E-state index contributed by atoms with van der Waals surface area (Å²) in [6.07, 6.45) is -4.05. The van der Waals surface area contributed by atoms with E-state index >= 15 is 0 Å². The third-order valence-electron chi connectivity index (χ3n) is 2.96. The average molecular weight is 370 g/mol. The van der Waals surface area contributed by atoms with E-state index in [9.17, 15) is 31.7 Å². The fourth-order valence-corrected chi connectivity index (χ4v) is 3.25. The number of nitrogens with one attached hydrogen (secondary N) is 1. The van der Waals surface area contributed by atoms with Gasteiger partial charge in [-0.15, -0.1) is 0 Å². The van der Waals surface area contributed by atoms with Gasteiger partial charge in [-0.05, 0) is 18.4 Å². The molecule has 0 saturated heterocycles. The number of hydrogen-bond donors (Lipinski definition) is 1. The van der Waals surface area contributed by atoms with E-state index < -0.39 is 27.7 Å². The molecule has 1 aromatic rings. The molecule has 1 rings (SSSR count). The van der Waals surface area contributed by atoms with Crippen LogP contribution in [-0.2, 0) is 21.2 Å². The number of rotatable bonds is 9. The summed E-state index contributed by atoms with van der Waals surface area (Å²) >= 11 is 0. The summed E-state index contributed by atoms with van der Waals surface area (Å²) < 4.78 is 66.6. The maximum Gasteiger partial charge on any atom is 0.411 e. The summed E-state index contributed by atoms with van der Waals surface area (Å²) in [7, 11) is -4.01. The lowest BCUT2D eigenvalue weighted by molar-refractivity contribution is -0.385. The van der Waals surface area contributed by atoms with E-state index in [4.69, 9.17) is 0 Å². The van der Waals surface area contributed by atoms with E-state index in [2.05, 4.69) is 9.46 Å². The minimum Gasteiger partial charge on any atom is -0.372 e. The van der Waals surface area contributed by atoms with Crippen LogP contribution in [0.25, 0.3) is 0 Å². The molecule has 136 valence electrons. The van der Waals surface area contributed by atoms with Crippen molar-refractivity contribution in [2.45, 2.75) is 30.8 Å². The molecule has 24 heavy (non-hydrogen) atoms. The molecule has 0 unspecified atom stereocenters. The SMILES string of the molecule is CCc1ccc([N+](=O)[O-])cc1S(=O)(=O)NCCCOCC(F)(F)F. The molecule has 0 spiro atoms. The number of halogens is 3. The van der Waals surface area contributed by atoms with Gasteiger partial charge in [0.25, 0.3) is 5.69 Å². The van der Waals surface area contributed by atoms with Gasteiger partial charge >= 0.3 is 6.18 Å². The molecule has 0 amide bonds. The number of sulfonamides is 1. The fourth-order valence-electron chi connectivity index (χ4n) is 1.85. The van der Waals surface area contributed by atoms with Gasteiger partial charge in [0.05, 0.1) is 9.82 Å². The minimum absolute atomic E-state index is 0.0334. The van der Waals surface area contributed by atoms with Crippen molar-refractivity contribution in [3.8, 4) is 0 Å². The smallest absolute Gasteiger partial charge is 0.372 e. The van der Waals surface area contributed by atoms with Crippen molar-refractivity contribution in [3.05, 3.63) is 33.9 Å². The Labute approximate surface area is 137 Å². The highest BCUT2D eigenvalue weighted by Gasteiger charge is 2.27. The van der Waals surface area contributed by atoms with Crippen molar-refractivity contribution in [1.82, 2.24) is 4.72 Å². The summed E-state index contributed by atoms with van der Waals surface area (Å²) in [5.74, 6) is 0. The summed E-state index contributed by atoms with van der Waals surface area (Å²) in [5.41, 5.74) is 0.0440. The largest absolute Gasteiger partial charge is 0.411 e. The topological polar surface area (TPSA) is 98.5 Å². The van der Waals surface area contributed by atoms with E-state index in [1.807, 2.05) is 0 Å². The van der Waals surface area contributed by atoms with Gasteiger partial charge in [-0.25, -0.2) is 13.1 Å². The van der Waals surface area contributed by atoms with Gasteiger partial charge in [0.15, 0.2) is 0 Å².